The Labute approximate surface area is 102 Å². The standard InChI is InChI=1S/C13H22N2S/c1-5-11-10(4)16-12(14-11)13(7-6-8-13)15-9(2)3/h9,15H,5-8H2,1-4H3. The maximum atomic E-state index is 4.83. The van der Waals surface area contributed by atoms with Crippen LogP contribution in [0.25, 0.3) is 0 Å². The molecule has 0 saturated heterocycles. The molecule has 0 amide bonds. The van der Waals surface area contributed by atoms with E-state index in [1.807, 2.05) is 11.3 Å². The van der Waals surface area contributed by atoms with Gasteiger partial charge < -0.3 is 5.32 Å². The van der Waals surface area contributed by atoms with Gasteiger partial charge in [0.2, 0.25) is 0 Å². The van der Waals surface area contributed by atoms with Crippen molar-refractivity contribution >= 4 is 11.3 Å². The van der Waals surface area contributed by atoms with Crippen molar-refractivity contribution in [2.24, 2.45) is 0 Å². The average molecular weight is 238 g/mol. The third-order valence-corrected chi connectivity index (χ3v) is 4.63. The molecule has 0 unspecified atom stereocenters. The first-order chi connectivity index (χ1) is 7.57. The van der Waals surface area contributed by atoms with E-state index in [2.05, 4.69) is 33.0 Å². The third kappa shape index (κ3) is 2.03. The molecule has 1 aromatic rings. The molecule has 90 valence electrons. The monoisotopic (exact) mass is 238 g/mol. The Balaban J connectivity index is 2.26. The fraction of sp³-hybridized carbons (Fsp3) is 0.769. The molecule has 2 rings (SSSR count). The lowest BCUT2D eigenvalue weighted by Gasteiger charge is -2.42. The minimum absolute atomic E-state index is 0.205. The molecule has 0 atom stereocenters. The van der Waals surface area contributed by atoms with Crippen LogP contribution in [-0.4, -0.2) is 11.0 Å². The van der Waals surface area contributed by atoms with Gasteiger partial charge >= 0.3 is 0 Å². The molecule has 1 N–H and O–H groups in total. The number of aromatic nitrogens is 1. The SMILES string of the molecule is CCc1nc(C2(NC(C)C)CCC2)sc1C. The summed E-state index contributed by atoms with van der Waals surface area (Å²) in [5, 5.41) is 5.04. The van der Waals surface area contributed by atoms with E-state index in [0.717, 1.165) is 6.42 Å². The first-order valence-corrected chi connectivity index (χ1v) is 7.13. The van der Waals surface area contributed by atoms with Crippen molar-refractivity contribution in [3.63, 3.8) is 0 Å². The van der Waals surface area contributed by atoms with Gasteiger partial charge in [0, 0.05) is 10.9 Å². The van der Waals surface area contributed by atoms with Crippen molar-refractivity contribution in [2.75, 3.05) is 0 Å². The van der Waals surface area contributed by atoms with Crippen LogP contribution >= 0.6 is 11.3 Å². The van der Waals surface area contributed by atoms with Crippen LogP contribution < -0.4 is 5.32 Å². The number of rotatable bonds is 4. The summed E-state index contributed by atoms with van der Waals surface area (Å²) in [7, 11) is 0. The Morgan fingerprint density at radius 3 is 2.50 bits per heavy atom. The van der Waals surface area contributed by atoms with Crippen LogP contribution in [0.1, 0.15) is 55.6 Å². The lowest BCUT2D eigenvalue weighted by molar-refractivity contribution is 0.170. The van der Waals surface area contributed by atoms with Gasteiger partial charge in [-0.25, -0.2) is 4.98 Å². The van der Waals surface area contributed by atoms with E-state index in [9.17, 15) is 0 Å². The van der Waals surface area contributed by atoms with Gasteiger partial charge in [0.25, 0.3) is 0 Å². The van der Waals surface area contributed by atoms with Crippen molar-refractivity contribution in [3.05, 3.63) is 15.6 Å². The normalized spacial score (nSPS) is 18.8. The van der Waals surface area contributed by atoms with Gasteiger partial charge in [0.15, 0.2) is 0 Å². The summed E-state index contributed by atoms with van der Waals surface area (Å²) < 4.78 is 0. The number of nitrogens with one attached hydrogen (secondary N) is 1. The smallest absolute Gasteiger partial charge is 0.113 e. The van der Waals surface area contributed by atoms with E-state index in [1.54, 1.807) is 0 Å². The molecular formula is C13H22N2S. The summed E-state index contributed by atoms with van der Waals surface area (Å²) in [6.07, 6.45) is 4.89. The first kappa shape index (κ1) is 12.1. The van der Waals surface area contributed by atoms with Crippen molar-refractivity contribution in [2.45, 2.75) is 65.0 Å². The summed E-state index contributed by atoms with van der Waals surface area (Å²) in [6.45, 7) is 8.83. The Hall–Kier alpha value is -0.410. The largest absolute Gasteiger partial charge is 0.303 e. The molecule has 1 aromatic heterocycles. The molecule has 0 radical (unpaired) electrons. The zero-order valence-electron chi connectivity index (χ0n) is 10.8. The first-order valence-electron chi connectivity index (χ1n) is 6.32. The van der Waals surface area contributed by atoms with Gasteiger partial charge in [-0.15, -0.1) is 11.3 Å². The molecule has 1 heterocycles. The van der Waals surface area contributed by atoms with E-state index in [0.29, 0.717) is 6.04 Å². The lowest BCUT2D eigenvalue weighted by atomic mass is 9.76. The van der Waals surface area contributed by atoms with E-state index in [1.165, 1.54) is 34.8 Å². The minimum Gasteiger partial charge on any atom is -0.303 e. The van der Waals surface area contributed by atoms with Crippen LogP contribution in [0.3, 0.4) is 0 Å². The Bertz CT molecular complexity index is 364. The van der Waals surface area contributed by atoms with Crippen LogP contribution in [0.4, 0.5) is 0 Å². The number of nitrogens with zero attached hydrogens (tertiary/aromatic N) is 1. The van der Waals surface area contributed by atoms with Gasteiger partial charge in [-0.2, -0.15) is 0 Å². The fourth-order valence-corrected chi connectivity index (χ4v) is 3.68. The maximum absolute atomic E-state index is 4.83. The van der Waals surface area contributed by atoms with Gasteiger partial charge in [-0.05, 0) is 46.5 Å². The van der Waals surface area contributed by atoms with Crippen LogP contribution in [0.2, 0.25) is 0 Å². The number of aryl methyl sites for hydroxylation is 2. The van der Waals surface area contributed by atoms with E-state index < -0.39 is 0 Å². The second-order valence-corrected chi connectivity index (χ2v) is 6.31. The van der Waals surface area contributed by atoms with Crippen LogP contribution in [-0.2, 0) is 12.0 Å². The minimum atomic E-state index is 0.205. The Morgan fingerprint density at radius 2 is 2.12 bits per heavy atom. The quantitative estimate of drug-likeness (QED) is 0.869. The molecule has 0 bridgehead atoms. The van der Waals surface area contributed by atoms with E-state index in [4.69, 9.17) is 4.98 Å². The molecule has 1 aliphatic rings. The molecule has 1 saturated carbocycles. The van der Waals surface area contributed by atoms with Gasteiger partial charge in [-0.3, -0.25) is 0 Å². The highest BCUT2D eigenvalue weighted by Gasteiger charge is 2.41. The molecule has 0 aliphatic heterocycles. The molecule has 0 aromatic carbocycles. The van der Waals surface area contributed by atoms with Crippen LogP contribution in [0.5, 0.6) is 0 Å². The number of hydrogen-bond acceptors (Lipinski definition) is 3. The predicted octanol–water partition coefficient (Wildman–Crippen LogP) is 3.39. The zero-order valence-corrected chi connectivity index (χ0v) is 11.6. The second kappa shape index (κ2) is 4.46. The fourth-order valence-electron chi connectivity index (χ4n) is 2.46. The van der Waals surface area contributed by atoms with Gasteiger partial charge in [-0.1, -0.05) is 6.92 Å². The van der Waals surface area contributed by atoms with Crippen LogP contribution in [0.15, 0.2) is 0 Å². The van der Waals surface area contributed by atoms with Gasteiger partial charge in [0.1, 0.15) is 5.01 Å². The molecule has 0 spiro atoms. The van der Waals surface area contributed by atoms with Crippen molar-refractivity contribution < 1.29 is 0 Å². The summed E-state index contributed by atoms with van der Waals surface area (Å²) in [5.74, 6) is 0. The Kier molecular flexibility index (Phi) is 3.36. The highest BCUT2D eigenvalue weighted by molar-refractivity contribution is 7.11. The highest BCUT2D eigenvalue weighted by atomic mass is 32.1. The molecular weight excluding hydrogens is 216 g/mol. The topological polar surface area (TPSA) is 24.9 Å². The molecule has 1 aliphatic carbocycles. The average Bonchev–Trinajstić information content (AvgIpc) is 2.53. The zero-order chi connectivity index (χ0) is 11.8. The molecule has 3 heteroatoms. The van der Waals surface area contributed by atoms with Crippen molar-refractivity contribution in [3.8, 4) is 0 Å². The number of thiazole rings is 1. The molecule has 1 fully saturated rings. The van der Waals surface area contributed by atoms with Crippen LogP contribution in [0, 0.1) is 6.92 Å². The third-order valence-electron chi connectivity index (χ3n) is 3.41. The van der Waals surface area contributed by atoms with E-state index in [-0.39, 0.29) is 5.54 Å². The Morgan fingerprint density at radius 1 is 1.44 bits per heavy atom. The van der Waals surface area contributed by atoms with E-state index >= 15 is 0 Å². The summed E-state index contributed by atoms with van der Waals surface area (Å²) >= 11 is 1.89. The lowest BCUT2D eigenvalue weighted by Crippen LogP contribution is -2.50. The summed E-state index contributed by atoms with van der Waals surface area (Å²) in [5.41, 5.74) is 1.49. The molecule has 16 heavy (non-hydrogen) atoms. The maximum Gasteiger partial charge on any atom is 0.113 e. The van der Waals surface area contributed by atoms with Crippen molar-refractivity contribution in [1.82, 2.24) is 10.3 Å². The second-order valence-electron chi connectivity index (χ2n) is 5.11. The highest BCUT2D eigenvalue weighted by Crippen LogP contribution is 2.43. The predicted molar refractivity (Wildman–Crippen MR) is 70.0 cm³/mol. The summed E-state index contributed by atoms with van der Waals surface area (Å²) in [6, 6.07) is 0.537. The van der Waals surface area contributed by atoms with Crippen molar-refractivity contribution in [1.29, 1.82) is 0 Å². The molecule has 2 nitrogen and oxygen atoms in total. The summed E-state index contributed by atoms with van der Waals surface area (Å²) in [4.78, 5) is 6.23. The number of hydrogen-bond donors (Lipinski definition) is 1. The van der Waals surface area contributed by atoms with Gasteiger partial charge in [0.05, 0.1) is 11.2 Å².